The van der Waals surface area contributed by atoms with E-state index in [2.05, 4.69) is 5.32 Å². The summed E-state index contributed by atoms with van der Waals surface area (Å²) in [5.74, 6) is -0.0672. The monoisotopic (exact) mass is 459 g/mol. The number of carbonyl (C=O) groups is 2. The highest BCUT2D eigenvalue weighted by atomic mass is 32.1. The van der Waals surface area contributed by atoms with Gasteiger partial charge in [0.25, 0.3) is 0 Å². The highest BCUT2D eigenvalue weighted by molar-refractivity contribution is 7.13. The van der Waals surface area contributed by atoms with Crippen LogP contribution in [0.1, 0.15) is 25.7 Å². The molecule has 0 radical (unpaired) electrons. The molecule has 4 aromatic rings. The van der Waals surface area contributed by atoms with Gasteiger partial charge in [-0.3, -0.25) is 5.41 Å². The Morgan fingerprint density at radius 1 is 0.939 bits per heavy atom. The topological polar surface area (TPSA) is 115 Å². The first-order valence-electron chi connectivity index (χ1n) is 10.1. The number of amidine groups is 1. The number of nitrogens with one attached hydrogen (secondary N) is 2. The van der Waals surface area contributed by atoms with Crippen LogP contribution in [-0.2, 0) is 17.9 Å². The van der Waals surface area contributed by atoms with Gasteiger partial charge in [-0.05, 0) is 35.0 Å². The van der Waals surface area contributed by atoms with Crippen LogP contribution >= 0.6 is 11.3 Å². The van der Waals surface area contributed by atoms with Gasteiger partial charge >= 0.3 is 12.1 Å². The summed E-state index contributed by atoms with van der Waals surface area (Å²) >= 11 is 1.24. The number of rotatable bonds is 7. The molecule has 33 heavy (non-hydrogen) atoms. The van der Waals surface area contributed by atoms with Crippen molar-refractivity contribution in [3.05, 3.63) is 99.7 Å². The van der Waals surface area contributed by atoms with E-state index in [0.717, 1.165) is 15.6 Å². The van der Waals surface area contributed by atoms with Crippen molar-refractivity contribution in [2.24, 2.45) is 5.73 Å². The van der Waals surface area contributed by atoms with E-state index in [1.54, 1.807) is 42.5 Å². The molecule has 0 unspecified atom stereocenters. The smallest absolute Gasteiger partial charge is 0.407 e. The average molecular weight is 460 g/mol. The largest absolute Gasteiger partial charge is 0.445 e. The van der Waals surface area contributed by atoms with Gasteiger partial charge in [0, 0.05) is 16.0 Å². The number of carbonyl (C=O) groups excluding carboxylic acids is 2. The van der Waals surface area contributed by atoms with Gasteiger partial charge in [-0.15, -0.1) is 11.3 Å². The number of thiophene rings is 1. The molecule has 8 heteroatoms. The number of alkyl carbamates (subject to hydrolysis) is 1. The summed E-state index contributed by atoms with van der Waals surface area (Å²) in [6.45, 7) is 0.205. The molecule has 1 aromatic heterocycles. The molecule has 1 amide bonds. The van der Waals surface area contributed by atoms with Crippen molar-refractivity contribution in [3.63, 3.8) is 0 Å². The van der Waals surface area contributed by atoms with E-state index in [1.165, 1.54) is 11.3 Å². The van der Waals surface area contributed by atoms with Crippen LogP contribution in [-0.4, -0.2) is 17.9 Å². The van der Waals surface area contributed by atoms with E-state index in [0.29, 0.717) is 21.8 Å². The van der Waals surface area contributed by atoms with Gasteiger partial charge in [-0.25, -0.2) is 9.59 Å². The number of benzene rings is 3. The zero-order valence-corrected chi connectivity index (χ0v) is 18.4. The molecule has 0 aliphatic heterocycles. The third-order valence-corrected chi connectivity index (χ3v) is 5.93. The predicted molar refractivity (Wildman–Crippen MR) is 128 cm³/mol. The molecule has 0 saturated heterocycles. The van der Waals surface area contributed by atoms with E-state index >= 15 is 0 Å². The minimum absolute atomic E-state index is 0.00460. The maximum Gasteiger partial charge on any atom is 0.407 e. The zero-order valence-electron chi connectivity index (χ0n) is 17.5. The molecule has 0 bridgehead atoms. The van der Waals surface area contributed by atoms with Gasteiger partial charge in [-0.1, -0.05) is 54.6 Å². The van der Waals surface area contributed by atoms with Gasteiger partial charge in [0.15, 0.2) is 0 Å². The van der Waals surface area contributed by atoms with Crippen LogP contribution in [0.4, 0.5) is 4.79 Å². The number of ether oxygens (including phenoxy) is 2. The van der Waals surface area contributed by atoms with Crippen molar-refractivity contribution in [1.29, 1.82) is 5.41 Å². The van der Waals surface area contributed by atoms with Gasteiger partial charge in [0.05, 0.1) is 6.54 Å². The summed E-state index contributed by atoms with van der Waals surface area (Å²) in [7, 11) is 0. The SMILES string of the molecule is N=C(N)c1ccccc1COC(=O)NCc1ccc(C(=O)Oc2ccc3ccccc3c2)s1. The van der Waals surface area contributed by atoms with E-state index < -0.39 is 12.1 Å². The Labute approximate surface area is 194 Å². The van der Waals surface area contributed by atoms with Crippen LogP contribution in [0.3, 0.4) is 0 Å². The summed E-state index contributed by atoms with van der Waals surface area (Å²) in [5, 5.41) is 12.3. The van der Waals surface area contributed by atoms with Crippen molar-refractivity contribution >= 4 is 40.0 Å². The number of amides is 1. The molecule has 0 atom stereocenters. The van der Waals surface area contributed by atoms with Crippen molar-refractivity contribution in [3.8, 4) is 5.75 Å². The van der Waals surface area contributed by atoms with E-state index in [9.17, 15) is 9.59 Å². The fraction of sp³-hybridized carbons (Fsp3) is 0.0800. The first kappa shape index (κ1) is 22.0. The molecule has 0 saturated carbocycles. The molecule has 0 aliphatic carbocycles. The van der Waals surface area contributed by atoms with Crippen molar-refractivity contribution < 1.29 is 19.1 Å². The van der Waals surface area contributed by atoms with Crippen molar-refractivity contribution in [2.45, 2.75) is 13.2 Å². The second-order valence-corrected chi connectivity index (χ2v) is 8.33. The summed E-state index contributed by atoms with van der Waals surface area (Å²) in [6.07, 6.45) is -0.609. The Hall–Kier alpha value is -4.17. The highest BCUT2D eigenvalue weighted by Gasteiger charge is 2.13. The van der Waals surface area contributed by atoms with Crippen LogP contribution in [0, 0.1) is 5.41 Å². The normalized spacial score (nSPS) is 10.5. The van der Waals surface area contributed by atoms with E-state index in [1.807, 2.05) is 36.4 Å². The van der Waals surface area contributed by atoms with Gasteiger partial charge in [0.2, 0.25) is 0 Å². The van der Waals surface area contributed by atoms with Crippen LogP contribution in [0.15, 0.2) is 78.9 Å². The Kier molecular flexibility index (Phi) is 6.66. The maximum atomic E-state index is 12.5. The minimum atomic E-state index is -0.609. The second kappa shape index (κ2) is 9.97. The lowest BCUT2D eigenvalue weighted by Gasteiger charge is -2.09. The molecular formula is C25H21N3O4S. The van der Waals surface area contributed by atoms with Gasteiger partial charge in [0.1, 0.15) is 23.1 Å². The summed E-state index contributed by atoms with van der Waals surface area (Å²) < 4.78 is 10.7. The Bertz CT molecular complexity index is 1330. The van der Waals surface area contributed by atoms with Crippen molar-refractivity contribution in [1.82, 2.24) is 5.32 Å². The Morgan fingerprint density at radius 3 is 2.52 bits per heavy atom. The lowest BCUT2D eigenvalue weighted by atomic mass is 10.1. The fourth-order valence-electron chi connectivity index (χ4n) is 3.23. The predicted octanol–water partition coefficient (Wildman–Crippen LogP) is 4.83. The molecule has 3 aromatic carbocycles. The summed E-state index contributed by atoms with van der Waals surface area (Å²) in [5.41, 5.74) is 6.72. The third-order valence-electron chi connectivity index (χ3n) is 4.87. The number of nitrogens with two attached hydrogens (primary N) is 1. The molecule has 4 rings (SSSR count). The van der Waals surface area contributed by atoms with Crippen molar-refractivity contribution in [2.75, 3.05) is 0 Å². The minimum Gasteiger partial charge on any atom is -0.445 e. The third kappa shape index (κ3) is 5.55. The number of hydrogen-bond acceptors (Lipinski definition) is 6. The summed E-state index contributed by atoms with van der Waals surface area (Å²) in [4.78, 5) is 25.8. The quantitative estimate of drug-likeness (QED) is 0.158. The number of hydrogen-bond donors (Lipinski definition) is 3. The second-order valence-electron chi connectivity index (χ2n) is 7.16. The molecule has 1 heterocycles. The van der Waals surface area contributed by atoms with E-state index in [-0.39, 0.29) is 19.0 Å². The molecule has 166 valence electrons. The van der Waals surface area contributed by atoms with Crippen LogP contribution in [0.25, 0.3) is 10.8 Å². The summed E-state index contributed by atoms with van der Waals surface area (Å²) in [6, 6.07) is 23.7. The highest BCUT2D eigenvalue weighted by Crippen LogP contribution is 2.23. The van der Waals surface area contributed by atoms with Crippen LogP contribution in [0.2, 0.25) is 0 Å². The van der Waals surface area contributed by atoms with Crippen LogP contribution < -0.4 is 15.8 Å². The number of esters is 1. The average Bonchev–Trinajstić information content (AvgIpc) is 3.31. The zero-order chi connectivity index (χ0) is 23.2. The Balaban J connectivity index is 1.29. The Morgan fingerprint density at radius 2 is 1.70 bits per heavy atom. The lowest BCUT2D eigenvalue weighted by Crippen LogP contribution is -2.24. The fourth-order valence-corrected chi connectivity index (χ4v) is 4.06. The number of nitrogen functional groups attached to an aromatic ring is 1. The lowest BCUT2D eigenvalue weighted by molar-refractivity contribution is 0.0740. The first-order chi connectivity index (χ1) is 16.0. The maximum absolute atomic E-state index is 12.5. The van der Waals surface area contributed by atoms with Gasteiger partial charge in [-0.2, -0.15) is 0 Å². The first-order valence-corrected chi connectivity index (χ1v) is 10.9. The number of fused-ring (bicyclic) bond motifs is 1. The molecule has 7 nitrogen and oxygen atoms in total. The molecular weight excluding hydrogens is 438 g/mol. The van der Waals surface area contributed by atoms with Gasteiger partial charge < -0.3 is 20.5 Å². The molecule has 0 spiro atoms. The van der Waals surface area contributed by atoms with E-state index in [4.69, 9.17) is 20.6 Å². The standard InChI is InChI=1S/C25H21N3O4S/c26-23(27)21-8-4-3-7-18(21)15-31-25(30)28-14-20-11-12-22(33-20)24(29)32-19-10-9-16-5-1-2-6-17(16)13-19/h1-13H,14-15H2,(H3,26,27)(H,28,30). The van der Waals surface area contributed by atoms with Crippen LogP contribution in [0.5, 0.6) is 5.75 Å². The molecule has 4 N–H and O–H groups in total. The molecule has 0 fully saturated rings. The molecule has 0 aliphatic rings.